The maximum atomic E-state index is 12.4. The number of amides is 2. The summed E-state index contributed by atoms with van der Waals surface area (Å²) in [5.41, 5.74) is 2.57. The van der Waals surface area contributed by atoms with Crippen LogP contribution in [0.2, 0.25) is 5.02 Å². The number of hydrogen-bond acceptors (Lipinski definition) is 3. The van der Waals surface area contributed by atoms with Gasteiger partial charge in [-0.3, -0.25) is 9.59 Å². The molecule has 0 aliphatic carbocycles. The van der Waals surface area contributed by atoms with E-state index in [1.807, 2.05) is 45.9 Å². The molecule has 2 amide bonds. The lowest BCUT2D eigenvalue weighted by atomic mass is 10.0. The summed E-state index contributed by atoms with van der Waals surface area (Å²) in [6.07, 6.45) is 0.808. The van der Waals surface area contributed by atoms with Gasteiger partial charge >= 0.3 is 0 Å². The van der Waals surface area contributed by atoms with Gasteiger partial charge in [-0.1, -0.05) is 24.6 Å². The molecule has 0 saturated carbocycles. The summed E-state index contributed by atoms with van der Waals surface area (Å²) in [5, 5.41) is 9.14. The number of carbonyl (C=O) groups excluding carboxylic acids is 2. The van der Waals surface area contributed by atoms with E-state index in [1.54, 1.807) is 18.2 Å². The lowest BCUT2D eigenvalue weighted by Crippen LogP contribution is -2.42. The standard InChI is InChI=1S/C21H25BrClN3O2/c1-5-21(3,4)26-20(28)15-8-7-14(11-17(15)23)24-12-19(27)25-18-9-6-13(2)10-16(18)22/h6-11,24H,5,12H2,1-4H3,(H,25,27)(H,26,28). The van der Waals surface area contributed by atoms with E-state index >= 15 is 0 Å². The maximum Gasteiger partial charge on any atom is 0.253 e. The van der Waals surface area contributed by atoms with Crippen molar-refractivity contribution in [2.75, 3.05) is 17.2 Å². The summed E-state index contributed by atoms with van der Waals surface area (Å²) in [7, 11) is 0. The second-order valence-corrected chi connectivity index (χ2v) is 8.53. The Balaban J connectivity index is 1.97. The largest absolute Gasteiger partial charge is 0.376 e. The molecule has 0 aliphatic rings. The molecule has 0 saturated heterocycles. The minimum atomic E-state index is -0.306. The Morgan fingerprint density at radius 2 is 1.86 bits per heavy atom. The summed E-state index contributed by atoms with van der Waals surface area (Å²) in [6, 6.07) is 10.7. The third-order valence-electron chi connectivity index (χ3n) is 4.40. The Kier molecular flexibility index (Phi) is 7.49. The topological polar surface area (TPSA) is 70.2 Å². The summed E-state index contributed by atoms with van der Waals surface area (Å²) in [4.78, 5) is 24.6. The molecule has 0 bridgehead atoms. The first-order chi connectivity index (χ1) is 13.1. The number of anilines is 2. The fourth-order valence-corrected chi connectivity index (χ4v) is 3.23. The van der Waals surface area contributed by atoms with Crippen LogP contribution in [0.1, 0.15) is 43.1 Å². The van der Waals surface area contributed by atoms with Gasteiger partial charge in [-0.15, -0.1) is 0 Å². The van der Waals surface area contributed by atoms with Gasteiger partial charge in [0, 0.05) is 15.7 Å². The quantitative estimate of drug-likeness (QED) is 0.513. The van der Waals surface area contributed by atoms with Crippen LogP contribution in [-0.2, 0) is 4.79 Å². The minimum Gasteiger partial charge on any atom is -0.376 e. The first kappa shape index (κ1) is 22.2. The van der Waals surface area contributed by atoms with Crippen LogP contribution in [0.4, 0.5) is 11.4 Å². The zero-order valence-electron chi connectivity index (χ0n) is 16.5. The lowest BCUT2D eigenvalue weighted by Gasteiger charge is -2.24. The highest BCUT2D eigenvalue weighted by atomic mass is 79.9. The number of halogens is 2. The Hall–Kier alpha value is -2.05. The lowest BCUT2D eigenvalue weighted by molar-refractivity contribution is -0.114. The highest BCUT2D eigenvalue weighted by molar-refractivity contribution is 9.10. The molecular formula is C21H25BrClN3O2. The first-order valence-corrected chi connectivity index (χ1v) is 10.2. The monoisotopic (exact) mass is 465 g/mol. The van der Waals surface area contributed by atoms with Crippen molar-refractivity contribution in [2.45, 2.75) is 39.7 Å². The van der Waals surface area contributed by atoms with Crippen molar-refractivity contribution in [3.8, 4) is 0 Å². The van der Waals surface area contributed by atoms with Gasteiger partial charge in [0.2, 0.25) is 5.91 Å². The molecular weight excluding hydrogens is 442 g/mol. The molecule has 28 heavy (non-hydrogen) atoms. The van der Waals surface area contributed by atoms with E-state index in [2.05, 4.69) is 31.9 Å². The second-order valence-electron chi connectivity index (χ2n) is 7.27. The molecule has 0 radical (unpaired) electrons. The van der Waals surface area contributed by atoms with Crippen LogP contribution in [0.25, 0.3) is 0 Å². The Morgan fingerprint density at radius 3 is 2.46 bits per heavy atom. The highest BCUT2D eigenvalue weighted by Crippen LogP contribution is 2.24. The average molecular weight is 467 g/mol. The van der Waals surface area contributed by atoms with Gasteiger partial charge in [0.25, 0.3) is 5.91 Å². The van der Waals surface area contributed by atoms with Crippen molar-refractivity contribution in [3.05, 3.63) is 57.0 Å². The van der Waals surface area contributed by atoms with Crippen molar-refractivity contribution < 1.29 is 9.59 Å². The predicted octanol–water partition coefficient (Wildman–Crippen LogP) is 5.38. The van der Waals surface area contributed by atoms with Gasteiger partial charge in [-0.25, -0.2) is 0 Å². The van der Waals surface area contributed by atoms with Crippen LogP contribution >= 0.6 is 27.5 Å². The van der Waals surface area contributed by atoms with Crippen molar-refractivity contribution in [1.29, 1.82) is 0 Å². The van der Waals surface area contributed by atoms with Crippen LogP contribution < -0.4 is 16.0 Å². The molecule has 3 N–H and O–H groups in total. The van der Waals surface area contributed by atoms with Gasteiger partial charge < -0.3 is 16.0 Å². The van der Waals surface area contributed by atoms with Crippen LogP contribution in [0.5, 0.6) is 0 Å². The van der Waals surface area contributed by atoms with E-state index < -0.39 is 0 Å². The van der Waals surface area contributed by atoms with E-state index in [1.165, 1.54) is 0 Å². The summed E-state index contributed by atoms with van der Waals surface area (Å²) < 4.78 is 0.828. The second kappa shape index (κ2) is 9.43. The normalized spacial score (nSPS) is 11.1. The molecule has 0 aromatic heterocycles. The van der Waals surface area contributed by atoms with Gasteiger partial charge in [0.1, 0.15) is 0 Å². The minimum absolute atomic E-state index is 0.0745. The van der Waals surface area contributed by atoms with Gasteiger partial charge in [-0.2, -0.15) is 0 Å². The van der Waals surface area contributed by atoms with E-state index in [-0.39, 0.29) is 23.9 Å². The van der Waals surface area contributed by atoms with Crippen LogP contribution in [-0.4, -0.2) is 23.9 Å². The van der Waals surface area contributed by atoms with E-state index in [0.29, 0.717) is 22.0 Å². The molecule has 0 atom stereocenters. The summed E-state index contributed by atoms with van der Waals surface area (Å²) in [6.45, 7) is 7.98. The number of aryl methyl sites for hydroxylation is 1. The van der Waals surface area contributed by atoms with E-state index in [9.17, 15) is 9.59 Å². The SMILES string of the molecule is CCC(C)(C)NC(=O)c1ccc(NCC(=O)Nc2ccc(C)cc2Br)cc1Cl. The average Bonchev–Trinajstić information content (AvgIpc) is 2.62. The van der Waals surface area contributed by atoms with E-state index in [4.69, 9.17) is 11.6 Å². The predicted molar refractivity (Wildman–Crippen MR) is 119 cm³/mol. The van der Waals surface area contributed by atoms with Crippen molar-refractivity contribution in [3.63, 3.8) is 0 Å². The summed E-state index contributed by atoms with van der Waals surface area (Å²) >= 11 is 9.71. The Morgan fingerprint density at radius 1 is 1.14 bits per heavy atom. The third kappa shape index (κ3) is 6.24. The van der Waals surface area contributed by atoms with Crippen LogP contribution in [0.15, 0.2) is 40.9 Å². The molecule has 0 unspecified atom stereocenters. The molecule has 7 heteroatoms. The molecule has 150 valence electrons. The van der Waals surface area contributed by atoms with Crippen molar-refractivity contribution in [1.82, 2.24) is 5.32 Å². The molecule has 0 fully saturated rings. The number of nitrogens with one attached hydrogen (secondary N) is 3. The molecule has 5 nitrogen and oxygen atoms in total. The Labute approximate surface area is 179 Å². The molecule has 2 rings (SSSR count). The highest BCUT2D eigenvalue weighted by Gasteiger charge is 2.20. The fourth-order valence-electron chi connectivity index (χ4n) is 2.37. The number of hydrogen-bond donors (Lipinski definition) is 3. The zero-order chi connectivity index (χ0) is 20.9. The van der Waals surface area contributed by atoms with Crippen molar-refractivity contribution >= 4 is 50.7 Å². The maximum absolute atomic E-state index is 12.4. The zero-order valence-corrected chi connectivity index (χ0v) is 18.8. The molecule has 0 heterocycles. The van der Waals surface area contributed by atoms with Gasteiger partial charge in [-0.05, 0) is 79.0 Å². The van der Waals surface area contributed by atoms with E-state index in [0.717, 1.165) is 16.5 Å². The van der Waals surface area contributed by atoms with Gasteiger partial charge in [0.15, 0.2) is 0 Å². The fraction of sp³-hybridized carbons (Fsp3) is 0.333. The van der Waals surface area contributed by atoms with Crippen molar-refractivity contribution in [2.24, 2.45) is 0 Å². The molecule has 2 aromatic rings. The third-order valence-corrected chi connectivity index (χ3v) is 5.37. The molecule has 0 aliphatic heterocycles. The summed E-state index contributed by atoms with van der Waals surface area (Å²) in [5.74, 6) is -0.405. The van der Waals surface area contributed by atoms with Gasteiger partial charge in [0.05, 0.1) is 22.8 Å². The smallest absolute Gasteiger partial charge is 0.253 e. The van der Waals surface area contributed by atoms with Crippen LogP contribution in [0, 0.1) is 6.92 Å². The van der Waals surface area contributed by atoms with Crippen LogP contribution in [0.3, 0.4) is 0 Å². The Bertz CT molecular complexity index is 884. The first-order valence-electron chi connectivity index (χ1n) is 9.03. The number of rotatable bonds is 7. The number of benzene rings is 2. The molecule has 2 aromatic carbocycles. The number of carbonyl (C=O) groups is 2. The molecule has 0 spiro atoms.